The summed E-state index contributed by atoms with van der Waals surface area (Å²) in [5.74, 6) is 0.729. The van der Waals surface area contributed by atoms with Crippen LogP contribution in [0, 0.1) is 0 Å². The minimum atomic E-state index is 0.729. The molecule has 3 heterocycles. The van der Waals surface area contributed by atoms with Gasteiger partial charge in [-0.2, -0.15) is 0 Å². The zero-order valence-corrected chi connectivity index (χ0v) is 30.5. The molecule has 1 aliphatic carbocycles. The highest BCUT2D eigenvalue weighted by molar-refractivity contribution is 7.26. The first-order valence-electron chi connectivity index (χ1n) is 18.2. The Morgan fingerprint density at radius 2 is 0.852 bits per heavy atom. The number of hydrogen-bond acceptors (Lipinski definition) is 4. The highest BCUT2D eigenvalue weighted by Gasteiger charge is 2.28. The molecular weight excluding hydrogens is 693 g/mol. The fourth-order valence-corrected chi connectivity index (χ4v) is 11.1. The molecule has 3 aromatic heterocycles. The van der Waals surface area contributed by atoms with E-state index in [9.17, 15) is 0 Å². The number of nitrogens with zero attached hydrogens (tertiary/aromatic N) is 2. The molecule has 0 saturated heterocycles. The molecule has 0 atom stereocenters. The van der Waals surface area contributed by atoms with Crippen molar-refractivity contribution in [3.63, 3.8) is 0 Å². The molecule has 0 bridgehead atoms. The second kappa shape index (κ2) is 11.5. The van der Waals surface area contributed by atoms with Crippen LogP contribution in [-0.4, -0.2) is 9.97 Å². The van der Waals surface area contributed by atoms with Gasteiger partial charge < -0.3 is 0 Å². The van der Waals surface area contributed by atoms with Crippen molar-refractivity contribution in [3.05, 3.63) is 170 Å². The van der Waals surface area contributed by atoms with Crippen LogP contribution in [0.3, 0.4) is 0 Å². The van der Waals surface area contributed by atoms with Gasteiger partial charge in [0.15, 0.2) is 5.82 Å². The number of benzene rings is 8. The number of thiophene rings is 2. The standard InChI is InChI=1S/C50H28N2S2/c1-2-12-30(13-3-1)46-45-40-22-8-14-29-15-9-23-41(44(29)40)47(45)52-50(51-46)33-27-31(34-18-10-20-38-36-16-4-6-24-42(36)53-48(34)38)26-32(28-33)35-19-11-21-39-37-17-5-7-25-43(37)54-49(35)39/h1-28H. The van der Waals surface area contributed by atoms with Crippen LogP contribution in [0.2, 0.25) is 0 Å². The van der Waals surface area contributed by atoms with Crippen LogP contribution in [0.4, 0.5) is 0 Å². The van der Waals surface area contributed by atoms with Crippen molar-refractivity contribution in [2.45, 2.75) is 0 Å². The molecule has 0 spiro atoms. The lowest BCUT2D eigenvalue weighted by Crippen LogP contribution is -1.98. The monoisotopic (exact) mass is 720 g/mol. The second-order valence-electron chi connectivity index (χ2n) is 14.1. The fraction of sp³-hybridized carbons (Fsp3) is 0. The summed E-state index contributed by atoms with van der Waals surface area (Å²) in [6.07, 6.45) is 0. The number of fused-ring (bicyclic) bond motifs is 9. The van der Waals surface area contributed by atoms with Gasteiger partial charge in [0.25, 0.3) is 0 Å². The predicted octanol–water partition coefficient (Wildman–Crippen LogP) is 14.7. The molecule has 250 valence electrons. The summed E-state index contributed by atoms with van der Waals surface area (Å²) in [7, 11) is 0. The second-order valence-corrected chi connectivity index (χ2v) is 16.2. The normalized spacial score (nSPS) is 12.1. The molecule has 0 unspecified atom stereocenters. The summed E-state index contributed by atoms with van der Waals surface area (Å²) in [4.78, 5) is 11.0. The van der Waals surface area contributed by atoms with Crippen molar-refractivity contribution < 1.29 is 0 Å². The Kier molecular flexibility index (Phi) is 6.41. The fourth-order valence-electron chi connectivity index (χ4n) is 8.61. The van der Waals surface area contributed by atoms with Crippen LogP contribution in [0.25, 0.3) is 118 Å². The lowest BCUT2D eigenvalue weighted by Gasteiger charge is -2.15. The Balaban J connectivity index is 1.16. The van der Waals surface area contributed by atoms with E-state index in [2.05, 4.69) is 170 Å². The largest absolute Gasteiger partial charge is 0.227 e. The Bertz CT molecular complexity index is 3200. The van der Waals surface area contributed by atoms with Gasteiger partial charge in [-0.25, -0.2) is 9.97 Å². The Morgan fingerprint density at radius 3 is 1.50 bits per heavy atom. The van der Waals surface area contributed by atoms with E-state index in [4.69, 9.17) is 9.97 Å². The molecule has 0 radical (unpaired) electrons. The van der Waals surface area contributed by atoms with Crippen LogP contribution < -0.4 is 0 Å². The first-order chi connectivity index (χ1) is 26.8. The predicted molar refractivity (Wildman–Crippen MR) is 231 cm³/mol. The van der Waals surface area contributed by atoms with E-state index in [1.54, 1.807) is 0 Å². The van der Waals surface area contributed by atoms with E-state index in [-0.39, 0.29) is 0 Å². The number of hydrogen-bond donors (Lipinski definition) is 0. The van der Waals surface area contributed by atoms with E-state index in [1.807, 2.05) is 22.7 Å². The van der Waals surface area contributed by atoms with E-state index < -0.39 is 0 Å². The molecule has 0 fully saturated rings. The van der Waals surface area contributed by atoms with Crippen LogP contribution in [0.1, 0.15) is 0 Å². The maximum Gasteiger partial charge on any atom is 0.160 e. The van der Waals surface area contributed by atoms with Gasteiger partial charge in [-0.05, 0) is 68.9 Å². The van der Waals surface area contributed by atoms with E-state index in [1.165, 1.54) is 73.4 Å². The van der Waals surface area contributed by atoms with Crippen LogP contribution in [-0.2, 0) is 0 Å². The van der Waals surface area contributed by atoms with Crippen molar-refractivity contribution in [2.24, 2.45) is 0 Å². The van der Waals surface area contributed by atoms with Crippen molar-refractivity contribution in [2.75, 3.05) is 0 Å². The van der Waals surface area contributed by atoms with Crippen molar-refractivity contribution in [1.82, 2.24) is 9.97 Å². The summed E-state index contributed by atoms with van der Waals surface area (Å²) in [5, 5.41) is 7.65. The summed E-state index contributed by atoms with van der Waals surface area (Å²) in [6.45, 7) is 0. The molecule has 0 aliphatic heterocycles. The number of aromatic nitrogens is 2. The summed E-state index contributed by atoms with van der Waals surface area (Å²) < 4.78 is 5.19. The molecule has 4 heteroatoms. The summed E-state index contributed by atoms with van der Waals surface area (Å²) in [5.41, 5.74) is 12.3. The average molecular weight is 721 g/mol. The first-order valence-corrected chi connectivity index (χ1v) is 19.9. The molecule has 2 nitrogen and oxygen atoms in total. The van der Waals surface area contributed by atoms with Crippen molar-refractivity contribution in [3.8, 4) is 67.3 Å². The van der Waals surface area contributed by atoms with Crippen molar-refractivity contribution in [1.29, 1.82) is 0 Å². The van der Waals surface area contributed by atoms with Gasteiger partial charge in [-0.3, -0.25) is 0 Å². The zero-order valence-electron chi connectivity index (χ0n) is 28.9. The smallest absolute Gasteiger partial charge is 0.160 e. The number of rotatable bonds is 4. The van der Waals surface area contributed by atoms with Gasteiger partial charge in [-0.15, -0.1) is 22.7 Å². The van der Waals surface area contributed by atoms with E-state index in [0.717, 1.165) is 45.0 Å². The minimum absolute atomic E-state index is 0.729. The third-order valence-corrected chi connectivity index (χ3v) is 13.4. The molecule has 0 amide bonds. The van der Waals surface area contributed by atoms with Gasteiger partial charge in [0.05, 0.1) is 11.4 Å². The maximum absolute atomic E-state index is 5.51. The maximum atomic E-state index is 5.51. The Hall–Kier alpha value is -6.46. The zero-order chi connectivity index (χ0) is 35.3. The van der Waals surface area contributed by atoms with Gasteiger partial charge in [0.2, 0.25) is 0 Å². The third-order valence-electron chi connectivity index (χ3n) is 11.0. The highest BCUT2D eigenvalue weighted by Crippen LogP contribution is 2.51. The van der Waals surface area contributed by atoms with Crippen LogP contribution in [0.5, 0.6) is 0 Å². The molecule has 54 heavy (non-hydrogen) atoms. The molecule has 8 aromatic carbocycles. The van der Waals surface area contributed by atoms with Crippen LogP contribution >= 0.6 is 22.7 Å². The first kappa shape index (κ1) is 30.0. The average Bonchev–Trinajstić information content (AvgIpc) is 3.91. The van der Waals surface area contributed by atoms with E-state index >= 15 is 0 Å². The minimum Gasteiger partial charge on any atom is -0.227 e. The van der Waals surface area contributed by atoms with Gasteiger partial charge >= 0.3 is 0 Å². The molecular formula is C50H28N2S2. The van der Waals surface area contributed by atoms with Crippen LogP contribution in [0.15, 0.2) is 170 Å². The lowest BCUT2D eigenvalue weighted by molar-refractivity contribution is 1.19. The molecule has 12 rings (SSSR count). The van der Waals surface area contributed by atoms with Gasteiger partial charge in [-0.1, -0.05) is 140 Å². The lowest BCUT2D eigenvalue weighted by atomic mass is 9.94. The van der Waals surface area contributed by atoms with Crippen molar-refractivity contribution >= 4 is 73.8 Å². The quantitative estimate of drug-likeness (QED) is 0.181. The molecule has 0 saturated carbocycles. The highest BCUT2D eigenvalue weighted by atomic mass is 32.1. The van der Waals surface area contributed by atoms with E-state index in [0.29, 0.717) is 0 Å². The Morgan fingerprint density at radius 1 is 0.352 bits per heavy atom. The summed E-state index contributed by atoms with van der Waals surface area (Å²) >= 11 is 3.74. The molecule has 1 aliphatic rings. The molecule has 0 N–H and O–H groups in total. The van der Waals surface area contributed by atoms with Gasteiger partial charge in [0, 0.05) is 62.6 Å². The molecule has 11 aromatic rings. The topological polar surface area (TPSA) is 25.8 Å². The van der Waals surface area contributed by atoms with Gasteiger partial charge in [0.1, 0.15) is 0 Å². The Labute approximate surface area is 319 Å². The summed E-state index contributed by atoms with van der Waals surface area (Å²) in [6, 6.07) is 61.7. The third kappa shape index (κ3) is 4.38. The SMILES string of the molecule is c1ccc(-c2nc(-c3cc(-c4cccc5c4sc4ccccc45)cc(-c4cccc5c4sc4ccccc45)c3)nc3c2-c2cccc4cccc-3c24)cc1.